The Kier molecular flexibility index (Phi) is 3.77. The molecule has 4 rings (SSSR count). The van der Waals surface area contributed by atoms with E-state index in [0.717, 1.165) is 9.04 Å². The minimum atomic E-state index is -1.09. The number of aromatic amines is 1. The zero-order chi connectivity index (χ0) is 18.4. The van der Waals surface area contributed by atoms with Gasteiger partial charge in [0.1, 0.15) is 5.56 Å². The molecule has 26 heavy (non-hydrogen) atoms. The summed E-state index contributed by atoms with van der Waals surface area (Å²) >= 11 is 3.29. The molecule has 0 spiro atoms. The van der Waals surface area contributed by atoms with Crippen LogP contribution < -0.4 is 11.2 Å². The minimum absolute atomic E-state index is 0.203. The van der Waals surface area contributed by atoms with Crippen molar-refractivity contribution in [2.24, 2.45) is 0 Å². The average molecular weight is 415 g/mol. The maximum Gasteiger partial charge on any atom is 0.339 e. The molecule has 130 valence electrons. The van der Waals surface area contributed by atoms with E-state index in [1.165, 1.54) is 0 Å². The average Bonchev–Trinajstić information content (AvgIpc) is 2.93. The van der Waals surface area contributed by atoms with Crippen LogP contribution in [0.4, 0.5) is 0 Å². The fraction of sp³-hybridized carbons (Fsp3) is 0.0556. The quantitative estimate of drug-likeness (QED) is 0.626. The number of H-pyrrole nitrogens is 1. The molecule has 2 N–H and O–H groups in total. The Bertz CT molecular complexity index is 1150. The van der Waals surface area contributed by atoms with Gasteiger partial charge in [-0.25, -0.2) is 14.2 Å². The lowest BCUT2D eigenvalue weighted by molar-refractivity contribution is 0.0449. The van der Waals surface area contributed by atoms with Gasteiger partial charge in [0.2, 0.25) is 5.88 Å². The Balaban J connectivity index is 1.96. The number of nitrogens with zero attached hydrogens (tertiary/aromatic N) is 1. The van der Waals surface area contributed by atoms with Crippen LogP contribution in [0.25, 0.3) is 5.69 Å². The van der Waals surface area contributed by atoms with Crippen LogP contribution in [-0.2, 0) is 4.74 Å². The summed E-state index contributed by atoms with van der Waals surface area (Å²) in [5, 5.41) is 10.7. The summed E-state index contributed by atoms with van der Waals surface area (Å²) in [6.45, 7) is 0. The van der Waals surface area contributed by atoms with E-state index in [1.54, 1.807) is 48.5 Å². The highest BCUT2D eigenvalue weighted by atomic mass is 79.9. The van der Waals surface area contributed by atoms with Crippen molar-refractivity contribution in [2.45, 2.75) is 6.10 Å². The summed E-state index contributed by atoms with van der Waals surface area (Å²) in [6.07, 6.45) is -1.09. The van der Waals surface area contributed by atoms with Gasteiger partial charge < -0.3 is 9.84 Å². The molecule has 1 atom stereocenters. The SMILES string of the molecule is O=C1O[C@H](c2c(O)n(-c3ccc(Br)cc3)c(=O)[nH]c2=O)c2ccccc21. The smallest absolute Gasteiger partial charge is 0.339 e. The second kappa shape index (κ2) is 5.99. The summed E-state index contributed by atoms with van der Waals surface area (Å²) < 4.78 is 7.03. The Hall–Kier alpha value is -3.13. The van der Waals surface area contributed by atoms with Gasteiger partial charge in [0.25, 0.3) is 5.56 Å². The summed E-state index contributed by atoms with van der Waals surface area (Å²) in [7, 11) is 0. The number of ether oxygens (including phenoxy) is 1. The molecule has 8 heteroatoms. The fourth-order valence-electron chi connectivity index (χ4n) is 2.96. The van der Waals surface area contributed by atoms with Gasteiger partial charge in [-0.15, -0.1) is 0 Å². The van der Waals surface area contributed by atoms with Crippen molar-refractivity contribution >= 4 is 21.9 Å². The van der Waals surface area contributed by atoms with Crippen molar-refractivity contribution in [1.82, 2.24) is 9.55 Å². The lowest BCUT2D eigenvalue weighted by Gasteiger charge is -2.15. The van der Waals surface area contributed by atoms with Gasteiger partial charge in [0.05, 0.1) is 11.3 Å². The molecule has 0 amide bonds. The Labute approximate surface area is 154 Å². The van der Waals surface area contributed by atoms with Crippen molar-refractivity contribution in [3.63, 3.8) is 0 Å². The topological polar surface area (TPSA) is 101 Å². The number of fused-ring (bicyclic) bond motifs is 1. The second-order valence-electron chi connectivity index (χ2n) is 5.68. The molecule has 0 fully saturated rings. The number of cyclic esters (lactones) is 1. The monoisotopic (exact) mass is 414 g/mol. The molecule has 0 radical (unpaired) electrons. The van der Waals surface area contributed by atoms with Crippen LogP contribution in [0.5, 0.6) is 5.88 Å². The summed E-state index contributed by atoms with van der Waals surface area (Å²) in [4.78, 5) is 38.8. The first-order valence-corrected chi connectivity index (χ1v) is 8.40. The highest BCUT2D eigenvalue weighted by molar-refractivity contribution is 9.10. The van der Waals surface area contributed by atoms with E-state index in [9.17, 15) is 19.5 Å². The van der Waals surface area contributed by atoms with E-state index < -0.39 is 29.2 Å². The first-order valence-electron chi connectivity index (χ1n) is 7.61. The van der Waals surface area contributed by atoms with Crippen molar-refractivity contribution in [2.75, 3.05) is 0 Å². The maximum atomic E-state index is 12.4. The molecule has 0 bridgehead atoms. The molecule has 2 aromatic carbocycles. The molecule has 0 aliphatic carbocycles. The standard InChI is InChI=1S/C18H11BrN2O5/c19-9-5-7-10(8-6-9)21-16(23)13(15(22)20-18(21)25)14-11-3-1-2-4-12(11)17(24)26-14/h1-8,14,23H,(H,20,22,25)/t14-/m0/s1. The Morgan fingerprint density at radius 3 is 2.46 bits per heavy atom. The van der Waals surface area contributed by atoms with Crippen LogP contribution in [0, 0.1) is 0 Å². The third-order valence-corrected chi connectivity index (χ3v) is 4.68. The summed E-state index contributed by atoms with van der Waals surface area (Å²) in [6, 6.07) is 13.2. The lowest BCUT2D eigenvalue weighted by atomic mass is 10.0. The van der Waals surface area contributed by atoms with Crippen LogP contribution in [0.2, 0.25) is 0 Å². The van der Waals surface area contributed by atoms with E-state index in [2.05, 4.69) is 20.9 Å². The number of aromatic hydroxyl groups is 1. The number of hydrogen-bond acceptors (Lipinski definition) is 5. The largest absolute Gasteiger partial charge is 0.494 e. The third kappa shape index (κ3) is 2.46. The van der Waals surface area contributed by atoms with Crippen molar-refractivity contribution < 1.29 is 14.6 Å². The number of esters is 1. The first kappa shape index (κ1) is 16.3. The van der Waals surface area contributed by atoms with E-state index in [1.807, 2.05) is 0 Å². The predicted molar refractivity (Wildman–Crippen MR) is 95.7 cm³/mol. The highest BCUT2D eigenvalue weighted by Crippen LogP contribution is 2.37. The molecule has 0 saturated carbocycles. The third-order valence-electron chi connectivity index (χ3n) is 4.16. The zero-order valence-corrected chi connectivity index (χ0v) is 14.7. The number of rotatable bonds is 2. The highest BCUT2D eigenvalue weighted by Gasteiger charge is 2.36. The van der Waals surface area contributed by atoms with Crippen LogP contribution in [0.15, 0.2) is 62.6 Å². The number of carbonyl (C=O) groups is 1. The number of hydrogen-bond donors (Lipinski definition) is 2. The molecule has 2 heterocycles. The van der Waals surface area contributed by atoms with Crippen LogP contribution in [0.1, 0.15) is 27.6 Å². The maximum absolute atomic E-state index is 12.4. The van der Waals surface area contributed by atoms with Crippen molar-refractivity contribution in [3.8, 4) is 11.6 Å². The molecule has 0 unspecified atom stereocenters. The van der Waals surface area contributed by atoms with Crippen molar-refractivity contribution in [1.29, 1.82) is 0 Å². The van der Waals surface area contributed by atoms with Crippen LogP contribution in [0.3, 0.4) is 0 Å². The fourth-order valence-corrected chi connectivity index (χ4v) is 3.23. The van der Waals surface area contributed by atoms with E-state index in [-0.39, 0.29) is 5.56 Å². The normalized spacial score (nSPS) is 15.6. The lowest BCUT2D eigenvalue weighted by Crippen LogP contribution is -2.32. The molecular weight excluding hydrogens is 404 g/mol. The molecule has 1 aliphatic rings. The molecule has 3 aromatic rings. The molecule has 0 saturated heterocycles. The minimum Gasteiger partial charge on any atom is -0.494 e. The number of nitrogens with one attached hydrogen (secondary N) is 1. The van der Waals surface area contributed by atoms with Crippen LogP contribution >= 0.6 is 15.9 Å². The van der Waals surface area contributed by atoms with Gasteiger partial charge in [0, 0.05) is 10.0 Å². The van der Waals surface area contributed by atoms with Gasteiger partial charge in [-0.1, -0.05) is 34.1 Å². The van der Waals surface area contributed by atoms with Crippen LogP contribution in [-0.4, -0.2) is 20.6 Å². The molecule has 1 aromatic heterocycles. The van der Waals surface area contributed by atoms with Gasteiger partial charge in [0.15, 0.2) is 6.10 Å². The number of carbonyl (C=O) groups excluding carboxylic acids is 1. The van der Waals surface area contributed by atoms with Gasteiger partial charge in [-0.3, -0.25) is 9.78 Å². The Morgan fingerprint density at radius 2 is 1.73 bits per heavy atom. The first-order chi connectivity index (χ1) is 12.5. The summed E-state index contributed by atoms with van der Waals surface area (Å²) in [5.74, 6) is -1.17. The predicted octanol–water partition coefficient (Wildman–Crippen LogP) is 2.25. The number of halogens is 1. The van der Waals surface area contributed by atoms with E-state index in [4.69, 9.17) is 4.74 Å². The second-order valence-corrected chi connectivity index (χ2v) is 6.60. The van der Waals surface area contributed by atoms with Gasteiger partial charge in [-0.2, -0.15) is 0 Å². The summed E-state index contributed by atoms with van der Waals surface area (Å²) in [5.41, 5.74) is -0.680. The Morgan fingerprint density at radius 1 is 1.04 bits per heavy atom. The van der Waals surface area contributed by atoms with Gasteiger partial charge >= 0.3 is 11.7 Å². The zero-order valence-electron chi connectivity index (χ0n) is 13.1. The van der Waals surface area contributed by atoms with E-state index >= 15 is 0 Å². The number of aromatic nitrogens is 2. The number of benzene rings is 2. The van der Waals surface area contributed by atoms with Gasteiger partial charge in [-0.05, 0) is 30.3 Å². The van der Waals surface area contributed by atoms with E-state index in [0.29, 0.717) is 16.8 Å². The molecular formula is C18H11BrN2O5. The molecule has 1 aliphatic heterocycles. The molecule has 7 nitrogen and oxygen atoms in total. The van der Waals surface area contributed by atoms with Crippen molar-refractivity contribution in [3.05, 3.63) is 90.5 Å².